The van der Waals surface area contributed by atoms with Crippen molar-refractivity contribution in [2.45, 2.75) is 31.3 Å². The second-order valence-electron chi connectivity index (χ2n) is 6.41. The van der Waals surface area contributed by atoms with Gasteiger partial charge in [0.25, 0.3) is 0 Å². The van der Waals surface area contributed by atoms with Gasteiger partial charge in [-0.3, -0.25) is 4.79 Å². The van der Waals surface area contributed by atoms with Gasteiger partial charge in [-0.1, -0.05) is 30.3 Å². The van der Waals surface area contributed by atoms with E-state index in [1.165, 1.54) is 19.4 Å². The molecular formula is C17H25N3O. The lowest BCUT2D eigenvalue weighted by molar-refractivity contribution is -0.136. The summed E-state index contributed by atoms with van der Waals surface area (Å²) in [6.07, 6.45) is 3.55. The van der Waals surface area contributed by atoms with Gasteiger partial charge in [0.05, 0.1) is 0 Å². The van der Waals surface area contributed by atoms with E-state index >= 15 is 0 Å². The Hall–Kier alpha value is -1.39. The van der Waals surface area contributed by atoms with E-state index in [4.69, 9.17) is 5.73 Å². The maximum atomic E-state index is 12.6. The predicted octanol–water partition coefficient (Wildman–Crippen LogP) is 1.63. The highest BCUT2D eigenvalue weighted by Gasteiger charge is 2.36. The molecule has 3 atom stereocenters. The number of amides is 1. The SMILES string of the molecule is CN1CCCC2CN(C(=O)[C@H](N)c3ccccc3)CCC21. The summed E-state index contributed by atoms with van der Waals surface area (Å²) in [7, 11) is 2.21. The molecule has 0 aliphatic carbocycles. The molecule has 114 valence electrons. The van der Waals surface area contributed by atoms with Gasteiger partial charge >= 0.3 is 0 Å². The van der Waals surface area contributed by atoms with Crippen molar-refractivity contribution in [3.8, 4) is 0 Å². The Kier molecular flexibility index (Phi) is 4.27. The Morgan fingerprint density at radius 1 is 1.24 bits per heavy atom. The first kappa shape index (κ1) is 14.5. The molecular weight excluding hydrogens is 262 g/mol. The first-order chi connectivity index (χ1) is 10.2. The molecule has 21 heavy (non-hydrogen) atoms. The van der Waals surface area contributed by atoms with Crippen LogP contribution in [0.3, 0.4) is 0 Å². The van der Waals surface area contributed by atoms with Gasteiger partial charge in [-0.2, -0.15) is 0 Å². The Morgan fingerprint density at radius 2 is 2.00 bits per heavy atom. The van der Waals surface area contributed by atoms with Gasteiger partial charge in [0.15, 0.2) is 0 Å². The second kappa shape index (κ2) is 6.16. The van der Waals surface area contributed by atoms with Crippen LogP contribution in [0.25, 0.3) is 0 Å². The number of nitrogens with zero attached hydrogens (tertiary/aromatic N) is 2. The van der Waals surface area contributed by atoms with Crippen LogP contribution in [0.2, 0.25) is 0 Å². The van der Waals surface area contributed by atoms with Crippen molar-refractivity contribution in [2.75, 3.05) is 26.7 Å². The number of fused-ring (bicyclic) bond motifs is 1. The highest BCUT2D eigenvalue weighted by molar-refractivity contribution is 5.83. The Labute approximate surface area is 126 Å². The highest BCUT2D eigenvalue weighted by Crippen LogP contribution is 2.30. The molecule has 0 saturated carbocycles. The van der Waals surface area contributed by atoms with E-state index < -0.39 is 6.04 Å². The van der Waals surface area contributed by atoms with Crippen molar-refractivity contribution in [2.24, 2.45) is 11.7 Å². The molecule has 3 rings (SSSR count). The number of carbonyl (C=O) groups is 1. The van der Waals surface area contributed by atoms with E-state index in [1.807, 2.05) is 35.2 Å². The minimum Gasteiger partial charge on any atom is -0.341 e. The topological polar surface area (TPSA) is 49.6 Å². The Balaban J connectivity index is 1.66. The molecule has 2 heterocycles. The molecule has 0 spiro atoms. The molecule has 2 fully saturated rings. The molecule has 1 aromatic rings. The van der Waals surface area contributed by atoms with Crippen molar-refractivity contribution in [3.63, 3.8) is 0 Å². The van der Waals surface area contributed by atoms with Gasteiger partial charge in [0.1, 0.15) is 6.04 Å². The fourth-order valence-electron chi connectivity index (χ4n) is 3.85. The minimum atomic E-state index is -0.524. The van der Waals surface area contributed by atoms with E-state index in [1.54, 1.807) is 0 Å². The van der Waals surface area contributed by atoms with E-state index in [-0.39, 0.29) is 5.91 Å². The summed E-state index contributed by atoms with van der Waals surface area (Å²) in [5.41, 5.74) is 7.07. The van der Waals surface area contributed by atoms with Crippen LogP contribution < -0.4 is 5.73 Å². The van der Waals surface area contributed by atoms with Crippen molar-refractivity contribution >= 4 is 5.91 Å². The molecule has 0 radical (unpaired) electrons. The van der Waals surface area contributed by atoms with Crippen LogP contribution in [0, 0.1) is 5.92 Å². The van der Waals surface area contributed by atoms with E-state index in [9.17, 15) is 4.79 Å². The summed E-state index contributed by atoms with van der Waals surface area (Å²) in [5, 5.41) is 0. The first-order valence-electron chi connectivity index (χ1n) is 7.96. The molecule has 2 aliphatic rings. The first-order valence-corrected chi connectivity index (χ1v) is 7.96. The van der Waals surface area contributed by atoms with E-state index in [2.05, 4.69) is 11.9 Å². The van der Waals surface area contributed by atoms with Gasteiger partial charge < -0.3 is 15.5 Å². The maximum Gasteiger partial charge on any atom is 0.244 e. The third-order valence-electron chi connectivity index (χ3n) is 5.08. The lowest BCUT2D eigenvalue weighted by Gasteiger charge is -2.46. The standard InChI is InChI=1S/C17H25N3O/c1-19-10-5-8-14-12-20(11-9-15(14)19)17(21)16(18)13-6-3-2-4-7-13/h2-4,6-7,14-16H,5,8-12,18H2,1H3/t14?,15?,16-/m1/s1. The number of rotatable bonds is 2. The predicted molar refractivity (Wildman–Crippen MR) is 83.7 cm³/mol. The molecule has 2 N–H and O–H groups in total. The molecule has 2 aliphatic heterocycles. The summed E-state index contributed by atoms with van der Waals surface area (Å²) < 4.78 is 0. The number of hydrogen-bond acceptors (Lipinski definition) is 3. The maximum absolute atomic E-state index is 12.6. The molecule has 1 amide bonds. The zero-order chi connectivity index (χ0) is 14.8. The monoisotopic (exact) mass is 287 g/mol. The van der Waals surface area contributed by atoms with Crippen LogP contribution in [-0.4, -0.2) is 48.4 Å². The summed E-state index contributed by atoms with van der Waals surface area (Å²) in [4.78, 5) is 17.1. The summed E-state index contributed by atoms with van der Waals surface area (Å²) >= 11 is 0. The zero-order valence-electron chi connectivity index (χ0n) is 12.7. The average Bonchev–Trinajstić information content (AvgIpc) is 2.54. The van der Waals surface area contributed by atoms with Gasteiger partial charge in [-0.25, -0.2) is 0 Å². The van der Waals surface area contributed by atoms with Crippen molar-refractivity contribution in [1.29, 1.82) is 0 Å². The third kappa shape index (κ3) is 2.97. The molecule has 1 aromatic carbocycles. The Morgan fingerprint density at radius 3 is 2.76 bits per heavy atom. The van der Waals surface area contributed by atoms with Crippen molar-refractivity contribution < 1.29 is 4.79 Å². The van der Waals surface area contributed by atoms with Gasteiger partial charge in [-0.15, -0.1) is 0 Å². The molecule has 4 nitrogen and oxygen atoms in total. The quantitative estimate of drug-likeness (QED) is 0.899. The summed E-state index contributed by atoms with van der Waals surface area (Å²) in [6, 6.07) is 9.81. The molecule has 2 unspecified atom stereocenters. The van der Waals surface area contributed by atoms with Crippen LogP contribution in [-0.2, 0) is 4.79 Å². The third-order valence-corrected chi connectivity index (χ3v) is 5.08. The zero-order valence-corrected chi connectivity index (χ0v) is 12.7. The van der Waals surface area contributed by atoms with E-state index in [0.717, 1.165) is 25.1 Å². The van der Waals surface area contributed by atoms with Crippen LogP contribution in [0.15, 0.2) is 30.3 Å². The van der Waals surface area contributed by atoms with Crippen LogP contribution in [0.4, 0.5) is 0 Å². The van der Waals surface area contributed by atoms with Crippen molar-refractivity contribution in [3.05, 3.63) is 35.9 Å². The van der Waals surface area contributed by atoms with E-state index in [0.29, 0.717) is 12.0 Å². The van der Waals surface area contributed by atoms with Gasteiger partial charge in [0.2, 0.25) is 5.91 Å². The second-order valence-corrected chi connectivity index (χ2v) is 6.41. The fourth-order valence-corrected chi connectivity index (χ4v) is 3.85. The largest absolute Gasteiger partial charge is 0.341 e. The molecule has 4 heteroatoms. The fraction of sp³-hybridized carbons (Fsp3) is 0.588. The lowest BCUT2D eigenvalue weighted by Crippen LogP contribution is -2.55. The van der Waals surface area contributed by atoms with Crippen molar-refractivity contribution in [1.82, 2.24) is 9.80 Å². The number of piperidine rings is 2. The van der Waals surface area contributed by atoms with Crippen LogP contribution >= 0.6 is 0 Å². The number of carbonyl (C=O) groups excluding carboxylic acids is 1. The molecule has 0 bridgehead atoms. The average molecular weight is 287 g/mol. The number of hydrogen-bond donors (Lipinski definition) is 1. The molecule has 0 aromatic heterocycles. The minimum absolute atomic E-state index is 0.0767. The van der Waals surface area contributed by atoms with Crippen LogP contribution in [0.1, 0.15) is 30.9 Å². The van der Waals surface area contributed by atoms with Gasteiger partial charge in [0, 0.05) is 19.1 Å². The number of benzene rings is 1. The van der Waals surface area contributed by atoms with Crippen LogP contribution in [0.5, 0.6) is 0 Å². The lowest BCUT2D eigenvalue weighted by atomic mass is 9.84. The highest BCUT2D eigenvalue weighted by atomic mass is 16.2. The number of nitrogens with two attached hydrogens (primary N) is 1. The smallest absolute Gasteiger partial charge is 0.244 e. The summed E-state index contributed by atoms with van der Waals surface area (Å²) in [5.74, 6) is 0.692. The van der Waals surface area contributed by atoms with Gasteiger partial charge in [-0.05, 0) is 44.3 Å². The summed E-state index contributed by atoms with van der Waals surface area (Å²) in [6.45, 7) is 2.90. The molecule has 2 saturated heterocycles. The Bertz CT molecular complexity index is 490. The number of likely N-dealkylation sites (tertiary alicyclic amines) is 2. The normalized spacial score (nSPS) is 28.0.